The third-order valence-corrected chi connectivity index (χ3v) is 3.37. The van der Waals surface area contributed by atoms with Crippen LogP contribution in [0.5, 0.6) is 0 Å². The molecule has 3 nitrogen and oxygen atoms in total. The number of methoxy groups -OCH3 is 2. The van der Waals surface area contributed by atoms with E-state index in [0.717, 1.165) is 24.5 Å². The zero-order valence-electron chi connectivity index (χ0n) is 15.9. The molecule has 22 heavy (non-hydrogen) atoms. The van der Waals surface area contributed by atoms with E-state index in [4.69, 9.17) is 9.47 Å². The van der Waals surface area contributed by atoms with Gasteiger partial charge in [-0.05, 0) is 57.3 Å². The Morgan fingerprint density at radius 1 is 1.23 bits per heavy atom. The standard InChI is InChI=1S/C11H20O2.C6H13N.C2H6/c1-5-6-7-8-11(13-4)9-10(2)12-3;1-6-2-4-7-5-3-6;1-2/h7-10H,5-6H2,1-4H3;6-7H,2-5H2,1H3;1-2H3/b8-7-,11-9+;;. The van der Waals surface area contributed by atoms with Gasteiger partial charge in [-0.1, -0.05) is 40.2 Å². The summed E-state index contributed by atoms with van der Waals surface area (Å²) >= 11 is 0. The number of rotatable bonds is 6. The summed E-state index contributed by atoms with van der Waals surface area (Å²) in [7, 11) is 3.36. The minimum atomic E-state index is 0.0984. The molecule has 3 heteroatoms. The quantitative estimate of drug-likeness (QED) is 0.556. The monoisotopic (exact) mass is 313 g/mol. The fourth-order valence-electron chi connectivity index (χ4n) is 1.82. The van der Waals surface area contributed by atoms with Crippen LogP contribution in [-0.2, 0) is 9.47 Å². The van der Waals surface area contributed by atoms with Gasteiger partial charge in [0.1, 0.15) is 5.76 Å². The number of unbranched alkanes of at least 4 members (excludes halogenated alkanes) is 1. The minimum absolute atomic E-state index is 0.0984. The minimum Gasteiger partial charge on any atom is -0.497 e. The molecule has 0 aliphatic carbocycles. The van der Waals surface area contributed by atoms with Gasteiger partial charge in [-0.2, -0.15) is 0 Å². The second-order valence-corrected chi connectivity index (χ2v) is 5.34. The van der Waals surface area contributed by atoms with Crippen molar-refractivity contribution in [2.24, 2.45) is 5.92 Å². The third kappa shape index (κ3) is 15.6. The number of hydrogen-bond donors (Lipinski definition) is 1. The molecular weight excluding hydrogens is 274 g/mol. The summed E-state index contributed by atoms with van der Waals surface area (Å²) in [5, 5.41) is 3.32. The first-order valence-corrected chi connectivity index (χ1v) is 8.79. The fraction of sp³-hybridized carbons (Fsp3) is 0.789. The van der Waals surface area contributed by atoms with Crippen LogP contribution in [-0.4, -0.2) is 33.4 Å². The molecule has 1 atom stereocenters. The van der Waals surface area contributed by atoms with E-state index < -0.39 is 0 Å². The zero-order valence-corrected chi connectivity index (χ0v) is 15.9. The summed E-state index contributed by atoms with van der Waals surface area (Å²) < 4.78 is 10.3. The van der Waals surface area contributed by atoms with E-state index in [1.165, 1.54) is 25.9 Å². The Bertz CT molecular complexity index is 269. The Labute approximate surface area is 139 Å². The number of piperidine rings is 1. The van der Waals surface area contributed by atoms with E-state index in [1.54, 1.807) is 14.2 Å². The van der Waals surface area contributed by atoms with E-state index in [-0.39, 0.29) is 6.10 Å². The Morgan fingerprint density at radius 3 is 2.18 bits per heavy atom. The van der Waals surface area contributed by atoms with E-state index >= 15 is 0 Å². The first kappa shape index (κ1) is 23.5. The molecule has 0 aromatic heterocycles. The predicted octanol–water partition coefficient (Wildman–Crippen LogP) is 4.94. The maximum atomic E-state index is 5.16. The summed E-state index contributed by atoms with van der Waals surface area (Å²) in [5.74, 6) is 1.84. The molecule has 1 heterocycles. The molecule has 0 aromatic rings. The van der Waals surface area contributed by atoms with Crippen molar-refractivity contribution in [2.75, 3.05) is 27.3 Å². The molecule has 132 valence electrons. The van der Waals surface area contributed by atoms with Gasteiger partial charge in [0.15, 0.2) is 0 Å². The van der Waals surface area contributed by atoms with Crippen LogP contribution in [0, 0.1) is 5.92 Å². The van der Waals surface area contributed by atoms with E-state index in [9.17, 15) is 0 Å². The van der Waals surface area contributed by atoms with Gasteiger partial charge in [0.25, 0.3) is 0 Å². The molecule has 1 saturated heterocycles. The number of hydrogen-bond acceptors (Lipinski definition) is 3. The van der Waals surface area contributed by atoms with Gasteiger partial charge in [-0.25, -0.2) is 0 Å². The molecule has 0 saturated carbocycles. The highest BCUT2D eigenvalue weighted by Crippen LogP contribution is 2.08. The molecule has 0 amide bonds. The molecule has 0 radical (unpaired) electrons. The fourth-order valence-corrected chi connectivity index (χ4v) is 1.82. The van der Waals surface area contributed by atoms with Crippen LogP contribution in [0.4, 0.5) is 0 Å². The lowest BCUT2D eigenvalue weighted by atomic mass is 10.0. The molecule has 1 fully saturated rings. The average Bonchev–Trinajstić information content (AvgIpc) is 2.57. The summed E-state index contributed by atoms with van der Waals surface area (Å²) in [5.41, 5.74) is 0. The molecule has 0 spiro atoms. The van der Waals surface area contributed by atoms with Crippen molar-refractivity contribution in [3.63, 3.8) is 0 Å². The molecular formula is C19H39NO2. The second kappa shape index (κ2) is 18.2. The van der Waals surface area contributed by atoms with Crippen molar-refractivity contribution in [3.05, 3.63) is 24.0 Å². The summed E-state index contributed by atoms with van der Waals surface area (Å²) in [6, 6.07) is 0. The first-order chi connectivity index (χ1) is 10.6. The van der Waals surface area contributed by atoms with Gasteiger partial charge in [0, 0.05) is 7.11 Å². The van der Waals surface area contributed by atoms with Crippen molar-refractivity contribution >= 4 is 0 Å². The lowest BCUT2D eigenvalue weighted by molar-refractivity contribution is 0.151. The maximum Gasteiger partial charge on any atom is 0.117 e. The topological polar surface area (TPSA) is 30.5 Å². The van der Waals surface area contributed by atoms with Crippen LogP contribution in [0.25, 0.3) is 0 Å². The molecule has 1 aliphatic heterocycles. The molecule has 1 unspecified atom stereocenters. The average molecular weight is 314 g/mol. The Kier molecular flexibility index (Phi) is 19.5. The summed E-state index contributed by atoms with van der Waals surface area (Å²) in [6.45, 7) is 12.9. The van der Waals surface area contributed by atoms with Crippen molar-refractivity contribution in [1.29, 1.82) is 0 Å². The van der Waals surface area contributed by atoms with Crippen LogP contribution in [0.2, 0.25) is 0 Å². The van der Waals surface area contributed by atoms with Gasteiger partial charge in [-0.3, -0.25) is 0 Å². The van der Waals surface area contributed by atoms with E-state index in [1.807, 2.05) is 32.9 Å². The lowest BCUT2D eigenvalue weighted by Crippen LogP contribution is -2.26. The number of nitrogens with one attached hydrogen (secondary N) is 1. The Hall–Kier alpha value is -0.800. The Morgan fingerprint density at radius 2 is 1.82 bits per heavy atom. The summed E-state index contributed by atoms with van der Waals surface area (Å²) in [4.78, 5) is 0. The first-order valence-electron chi connectivity index (χ1n) is 8.79. The smallest absolute Gasteiger partial charge is 0.117 e. The van der Waals surface area contributed by atoms with E-state index in [2.05, 4.69) is 25.2 Å². The number of ether oxygens (including phenoxy) is 2. The molecule has 1 N–H and O–H groups in total. The summed E-state index contributed by atoms with van der Waals surface area (Å²) in [6.07, 6.45) is 11.1. The van der Waals surface area contributed by atoms with Crippen LogP contribution in [0.15, 0.2) is 24.0 Å². The lowest BCUT2D eigenvalue weighted by Gasteiger charge is -2.17. The van der Waals surface area contributed by atoms with Crippen LogP contribution in [0.1, 0.15) is 60.3 Å². The highest BCUT2D eigenvalue weighted by Gasteiger charge is 2.05. The third-order valence-electron chi connectivity index (χ3n) is 3.37. The number of allylic oxidation sites excluding steroid dienone is 2. The van der Waals surface area contributed by atoms with Gasteiger partial charge in [-0.15, -0.1) is 0 Å². The highest BCUT2D eigenvalue weighted by atomic mass is 16.5. The SMILES string of the molecule is CC.CC1CCNCC1.CCC/C=C\C(=C/C(C)OC)OC. The van der Waals surface area contributed by atoms with Crippen molar-refractivity contribution < 1.29 is 9.47 Å². The van der Waals surface area contributed by atoms with Gasteiger partial charge in [0.2, 0.25) is 0 Å². The maximum absolute atomic E-state index is 5.16. The van der Waals surface area contributed by atoms with Crippen molar-refractivity contribution in [1.82, 2.24) is 5.32 Å². The van der Waals surface area contributed by atoms with Crippen molar-refractivity contribution in [3.8, 4) is 0 Å². The molecule has 0 bridgehead atoms. The van der Waals surface area contributed by atoms with Gasteiger partial charge < -0.3 is 14.8 Å². The zero-order chi connectivity index (χ0) is 17.2. The predicted molar refractivity (Wildman–Crippen MR) is 98.2 cm³/mol. The van der Waals surface area contributed by atoms with Crippen LogP contribution in [0.3, 0.4) is 0 Å². The Balaban J connectivity index is 0. The van der Waals surface area contributed by atoms with Crippen LogP contribution >= 0.6 is 0 Å². The molecule has 1 rings (SSSR count). The second-order valence-electron chi connectivity index (χ2n) is 5.34. The normalized spacial score (nSPS) is 17.1. The highest BCUT2D eigenvalue weighted by molar-refractivity contribution is 5.13. The van der Waals surface area contributed by atoms with Gasteiger partial charge in [0.05, 0.1) is 13.2 Å². The van der Waals surface area contributed by atoms with Crippen LogP contribution < -0.4 is 5.32 Å². The van der Waals surface area contributed by atoms with E-state index in [0.29, 0.717) is 0 Å². The largest absolute Gasteiger partial charge is 0.497 e. The van der Waals surface area contributed by atoms with Crippen molar-refractivity contribution in [2.45, 2.75) is 66.4 Å². The van der Waals surface area contributed by atoms with Gasteiger partial charge >= 0.3 is 0 Å². The molecule has 1 aliphatic rings. The molecule has 0 aromatic carbocycles.